The first-order valence-electron chi connectivity index (χ1n) is 30.4. The Kier molecular flexibility index (Phi) is 55.0. The molecule has 0 N–H and O–H groups in total. The molecular weight excluding hydrogens is 925 g/mol. The van der Waals surface area contributed by atoms with Crippen LogP contribution in [0.15, 0.2) is 0 Å². The van der Waals surface area contributed by atoms with E-state index in [9.17, 15) is 0 Å². The Morgan fingerprint density at radius 2 is 0.348 bits per heavy atom. The maximum Gasteiger partial charge on any atom is 0.159 e. The molecule has 0 bridgehead atoms. The molecule has 4 nitrogen and oxygen atoms in total. The molecule has 0 aromatic carbocycles. The summed E-state index contributed by atoms with van der Waals surface area (Å²) in [4.78, 5) is 0. The smallest absolute Gasteiger partial charge is 0.159 e. The Morgan fingerprint density at radius 3 is 0.493 bits per heavy atom. The van der Waals surface area contributed by atoms with Gasteiger partial charge in [-0.05, 0) is 74.6 Å². The summed E-state index contributed by atoms with van der Waals surface area (Å²) in [6, 6.07) is 0. The number of hydrogen-bond donors (Lipinski definition) is 0. The zero-order valence-electron chi connectivity index (χ0n) is 46.5. The van der Waals surface area contributed by atoms with Gasteiger partial charge in [-0.3, -0.25) is 0 Å². The van der Waals surface area contributed by atoms with Gasteiger partial charge in [0.2, 0.25) is 0 Å². The van der Waals surface area contributed by atoms with Crippen molar-refractivity contribution in [2.75, 3.05) is 26.4 Å². The summed E-state index contributed by atoms with van der Waals surface area (Å²) in [5, 5.41) is 2.63. The first kappa shape index (κ1) is 68.6. The van der Waals surface area contributed by atoms with Crippen LogP contribution in [0, 0.1) is 5.41 Å². The van der Waals surface area contributed by atoms with Crippen molar-refractivity contribution in [3.8, 4) is 0 Å². The summed E-state index contributed by atoms with van der Waals surface area (Å²) in [5.41, 5.74) is -0.662. The topological polar surface area (TPSA) is 36.9 Å². The van der Waals surface area contributed by atoms with Crippen LogP contribution in [0.25, 0.3) is 0 Å². The van der Waals surface area contributed by atoms with Crippen molar-refractivity contribution in [1.82, 2.24) is 0 Å². The second-order valence-corrected chi connectivity index (χ2v) is 23.1. The van der Waals surface area contributed by atoms with E-state index < -0.39 is 5.41 Å². The normalized spacial score (nSPS) is 11.5. The summed E-state index contributed by atoms with van der Waals surface area (Å²) in [7, 11) is 0. The first-order chi connectivity index (χ1) is 33.8. The molecule has 0 saturated carbocycles. The quantitative estimate of drug-likeness (QED) is 0.0441. The van der Waals surface area contributed by atoms with E-state index in [1.54, 1.807) is 0 Å². The van der Waals surface area contributed by atoms with Crippen molar-refractivity contribution in [2.24, 2.45) is 5.41 Å². The predicted molar refractivity (Wildman–Crippen MR) is 321 cm³/mol. The van der Waals surface area contributed by atoms with Crippen LogP contribution in [0.5, 0.6) is 0 Å². The van der Waals surface area contributed by atoms with Crippen molar-refractivity contribution in [3.63, 3.8) is 0 Å². The number of ether oxygens (including phenoxy) is 4. The Bertz CT molecular complexity index is 958. The lowest BCUT2D eigenvalue weighted by Crippen LogP contribution is -2.43. The van der Waals surface area contributed by atoms with E-state index in [2.05, 4.69) is 27.7 Å². The molecule has 0 aromatic heterocycles. The van der Waals surface area contributed by atoms with Gasteiger partial charge in [0, 0.05) is 25.7 Å². The van der Waals surface area contributed by atoms with Crippen molar-refractivity contribution in [2.45, 2.75) is 336 Å². The standard InChI is InChI=1S/C61H116O4S4/c1-5-9-13-17-21-25-29-33-37-41-45-49-57(66)62-53-61(54-63-58(67)50-46-42-38-34-30-26-22-18-14-10-6-2,55-64-59(68)51-47-43-39-35-31-27-23-19-15-11-7-3)56-65-60(69)52-48-44-40-36-32-28-24-20-16-12-8-4/h5-56H2,1-4H3. The highest BCUT2D eigenvalue weighted by Crippen LogP contribution is 2.25. The van der Waals surface area contributed by atoms with Crippen molar-refractivity contribution in [1.29, 1.82) is 0 Å². The van der Waals surface area contributed by atoms with E-state index in [1.165, 1.54) is 257 Å². The molecule has 0 aromatic rings. The molecule has 0 aliphatic rings. The molecule has 0 amide bonds. The van der Waals surface area contributed by atoms with Gasteiger partial charge in [0.05, 0.1) is 0 Å². The van der Waals surface area contributed by atoms with Crippen LogP contribution in [0.1, 0.15) is 336 Å². The van der Waals surface area contributed by atoms with Crippen LogP contribution in [0.2, 0.25) is 0 Å². The second kappa shape index (κ2) is 55.3. The SMILES string of the molecule is CCCCCCCCCCCCCC(=S)OCC(COC(=S)CCCCCCCCCCCCC)(COC(=S)CCCCCCCCCCCCC)COC(=S)CCCCCCCCCCCCC. The number of unbranched alkanes of at least 4 members (excludes halogenated alkanes) is 40. The predicted octanol–water partition coefficient (Wildman–Crippen LogP) is 22.2. The molecule has 0 fully saturated rings. The van der Waals surface area contributed by atoms with E-state index in [1.807, 2.05) is 0 Å². The fraction of sp³-hybridized carbons (Fsp3) is 0.934. The van der Waals surface area contributed by atoms with Crippen molar-refractivity contribution in [3.05, 3.63) is 0 Å². The van der Waals surface area contributed by atoms with E-state index in [4.69, 9.17) is 67.8 Å². The summed E-state index contributed by atoms with van der Waals surface area (Å²) >= 11 is 23.5. The third-order valence-corrected chi connectivity index (χ3v) is 15.4. The minimum Gasteiger partial charge on any atom is -0.486 e. The third-order valence-electron chi connectivity index (χ3n) is 14.1. The molecule has 0 spiro atoms. The van der Waals surface area contributed by atoms with Crippen LogP contribution in [0.3, 0.4) is 0 Å². The Morgan fingerprint density at radius 1 is 0.217 bits per heavy atom. The van der Waals surface area contributed by atoms with E-state index in [0.29, 0.717) is 46.6 Å². The van der Waals surface area contributed by atoms with Gasteiger partial charge < -0.3 is 18.9 Å². The molecule has 0 radical (unpaired) electrons. The monoisotopic (exact) mass is 1040 g/mol. The largest absolute Gasteiger partial charge is 0.486 e. The minimum absolute atomic E-state index is 0.326. The third kappa shape index (κ3) is 50.9. The molecule has 0 atom stereocenters. The van der Waals surface area contributed by atoms with E-state index >= 15 is 0 Å². The van der Waals surface area contributed by atoms with Crippen molar-refractivity contribution >= 4 is 69.1 Å². The molecule has 69 heavy (non-hydrogen) atoms. The van der Waals surface area contributed by atoms with Crippen LogP contribution >= 0.6 is 48.9 Å². The minimum atomic E-state index is -0.662. The zero-order chi connectivity index (χ0) is 50.4. The van der Waals surface area contributed by atoms with E-state index in [0.717, 1.165) is 51.4 Å². The summed E-state index contributed by atoms with van der Waals surface area (Å²) in [6.45, 7) is 10.5. The molecule has 0 unspecified atom stereocenters. The molecule has 0 heterocycles. The highest BCUT2D eigenvalue weighted by molar-refractivity contribution is 7.80. The van der Waals surface area contributed by atoms with Gasteiger partial charge >= 0.3 is 0 Å². The second-order valence-electron chi connectivity index (χ2n) is 21.3. The average Bonchev–Trinajstić information content (AvgIpc) is 3.35. The van der Waals surface area contributed by atoms with Crippen LogP contribution in [-0.4, -0.2) is 46.6 Å². The van der Waals surface area contributed by atoms with Gasteiger partial charge in [-0.2, -0.15) is 0 Å². The van der Waals surface area contributed by atoms with E-state index in [-0.39, 0.29) is 0 Å². The van der Waals surface area contributed by atoms with Crippen LogP contribution in [-0.2, 0) is 18.9 Å². The molecule has 408 valence electrons. The molecule has 0 aliphatic heterocycles. The number of thiocarbonyl (C=S) groups is 4. The zero-order valence-corrected chi connectivity index (χ0v) is 49.8. The maximum atomic E-state index is 6.48. The van der Waals surface area contributed by atoms with Crippen molar-refractivity contribution < 1.29 is 18.9 Å². The molecule has 0 aliphatic carbocycles. The lowest BCUT2D eigenvalue weighted by atomic mass is 9.92. The van der Waals surface area contributed by atoms with Gasteiger partial charge in [0.15, 0.2) is 20.2 Å². The fourth-order valence-electron chi connectivity index (χ4n) is 9.21. The highest BCUT2D eigenvalue weighted by Gasteiger charge is 2.36. The lowest BCUT2D eigenvalue weighted by Gasteiger charge is -2.33. The van der Waals surface area contributed by atoms with Gasteiger partial charge in [-0.25, -0.2) is 0 Å². The van der Waals surface area contributed by atoms with Gasteiger partial charge in [0.1, 0.15) is 31.8 Å². The molecule has 0 rings (SSSR count). The lowest BCUT2D eigenvalue weighted by molar-refractivity contribution is -0.0163. The van der Waals surface area contributed by atoms with Crippen LogP contribution < -0.4 is 0 Å². The Labute approximate surface area is 453 Å². The summed E-state index contributed by atoms with van der Waals surface area (Å²) < 4.78 is 25.9. The summed E-state index contributed by atoms with van der Waals surface area (Å²) in [5.74, 6) is 0. The first-order valence-corrected chi connectivity index (χ1v) is 32.1. The Hall–Kier alpha value is -0.440. The average molecular weight is 1040 g/mol. The molecule has 0 saturated heterocycles. The fourth-order valence-corrected chi connectivity index (χ4v) is 10.0. The van der Waals surface area contributed by atoms with Gasteiger partial charge in [0.25, 0.3) is 0 Å². The number of rotatable bonds is 56. The maximum absolute atomic E-state index is 6.48. The highest BCUT2D eigenvalue weighted by atomic mass is 32.1. The molecule has 8 heteroatoms. The molecular formula is C61H116O4S4. The van der Waals surface area contributed by atoms with Gasteiger partial charge in [-0.15, -0.1) is 0 Å². The summed E-state index contributed by atoms with van der Waals surface area (Å²) in [6.07, 6.45) is 60.8. The van der Waals surface area contributed by atoms with Crippen LogP contribution in [0.4, 0.5) is 0 Å². The Balaban J connectivity index is 5.43. The van der Waals surface area contributed by atoms with Gasteiger partial charge in [-0.1, -0.05) is 285 Å². The number of hydrogen-bond acceptors (Lipinski definition) is 8.